The van der Waals surface area contributed by atoms with Gasteiger partial charge in [-0.1, -0.05) is 13.8 Å². The van der Waals surface area contributed by atoms with Crippen LogP contribution in [0.2, 0.25) is 0 Å². The van der Waals surface area contributed by atoms with Crippen LogP contribution < -0.4 is 0 Å². The molecule has 0 bridgehead atoms. The van der Waals surface area contributed by atoms with Gasteiger partial charge in [0.1, 0.15) is 11.4 Å². The maximum Gasteiger partial charge on any atom is 0.342 e. The van der Waals surface area contributed by atoms with E-state index in [1.54, 1.807) is 6.92 Å². The van der Waals surface area contributed by atoms with Crippen LogP contribution in [0, 0.1) is 11.7 Å². The second kappa shape index (κ2) is 4.96. The molecule has 0 aliphatic heterocycles. The Morgan fingerprint density at radius 2 is 2.00 bits per heavy atom. The van der Waals surface area contributed by atoms with Crippen LogP contribution in [0.3, 0.4) is 0 Å². The highest BCUT2D eigenvalue weighted by molar-refractivity contribution is 6.33. The van der Waals surface area contributed by atoms with Crippen molar-refractivity contribution in [1.29, 1.82) is 0 Å². The SMILES string of the molecule is CCOC(=O)C1=C(C(C)C)c2cc(F)ccc2C1=O. The Morgan fingerprint density at radius 1 is 1.32 bits per heavy atom. The fraction of sp³-hybridized carbons (Fsp3) is 0.333. The Balaban J connectivity index is 2.62. The molecule has 19 heavy (non-hydrogen) atoms. The lowest BCUT2D eigenvalue weighted by Gasteiger charge is -2.10. The third kappa shape index (κ3) is 2.18. The number of allylic oxidation sites excluding steroid dienone is 1. The zero-order valence-electron chi connectivity index (χ0n) is 11.1. The predicted molar refractivity (Wildman–Crippen MR) is 69.1 cm³/mol. The molecule has 1 aliphatic rings. The average Bonchev–Trinajstić information content (AvgIpc) is 2.62. The van der Waals surface area contributed by atoms with Gasteiger partial charge in [-0.3, -0.25) is 4.79 Å². The van der Waals surface area contributed by atoms with E-state index in [1.165, 1.54) is 18.2 Å². The number of carbonyl (C=O) groups excluding carboxylic acids is 2. The van der Waals surface area contributed by atoms with E-state index in [1.807, 2.05) is 13.8 Å². The number of esters is 1. The summed E-state index contributed by atoms with van der Waals surface area (Å²) in [6.07, 6.45) is 0. The minimum absolute atomic E-state index is 0.0393. The maximum absolute atomic E-state index is 13.4. The molecule has 0 fully saturated rings. The molecule has 0 amide bonds. The van der Waals surface area contributed by atoms with E-state index < -0.39 is 11.8 Å². The zero-order valence-corrected chi connectivity index (χ0v) is 11.1. The fourth-order valence-corrected chi connectivity index (χ4v) is 2.33. The Hall–Kier alpha value is -1.97. The predicted octanol–water partition coefficient (Wildman–Crippen LogP) is 2.99. The zero-order chi connectivity index (χ0) is 14.2. The first-order valence-electron chi connectivity index (χ1n) is 6.23. The molecule has 0 aromatic heterocycles. The number of rotatable bonds is 3. The van der Waals surface area contributed by atoms with Crippen LogP contribution >= 0.6 is 0 Å². The Labute approximate surface area is 111 Å². The van der Waals surface area contributed by atoms with Crippen LogP contribution in [0.25, 0.3) is 5.57 Å². The van der Waals surface area contributed by atoms with E-state index in [4.69, 9.17) is 4.74 Å². The molecule has 0 atom stereocenters. The summed E-state index contributed by atoms with van der Waals surface area (Å²) in [6, 6.07) is 3.94. The van der Waals surface area contributed by atoms with Gasteiger partial charge in [0.05, 0.1) is 6.61 Å². The van der Waals surface area contributed by atoms with E-state index >= 15 is 0 Å². The Morgan fingerprint density at radius 3 is 2.58 bits per heavy atom. The van der Waals surface area contributed by atoms with Gasteiger partial charge < -0.3 is 4.74 Å². The van der Waals surface area contributed by atoms with Gasteiger partial charge in [-0.2, -0.15) is 0 Å². The van der Waals surface area contributed by atoms with Crippen molar-refractivity contribution in [1.82, 2.24) is 0 Å². The number of carbonyl (C=O) groups is 2. The first kappa shape index (κ1) is 13.5. The number of benzene rings is 1. The van der Waals surface area contributed by atoms with Crippen LogP contribution in [0.4, 0.5) is 4.39 Å². The standard InChI is InChI=1S/C15H15FO3/c1-4-19-15(18)13-12(8(2)3)11-7-9(16)5-6-10(11)14(13)17/h5-8H,4H2,1-3H3. The first-order chi connectivity index (χ1) is 8.97. The summed E-state index contributed by atoms with van der Waals surface area (Å²) in [7, 11) is 0. The smallest absolute Gasteiger partial charge is 0.342 e. The van der Waals surface area contributed by atoms with E-state index in [9.17, 15) is 14.0 Å². The molecule has 0 saturated carbocycles. The summed E-state index contributed by atoms with van der Waals surface area (Å²) in [5, 5.41) is 0. The molecular formula is C15H15FO3. The number of hydrogen-bond acceptors (Lipinski definition) is 3. The minimum Gasteiger partial charge on any atom is -0.462 e. The van der Waals surface area contributed by atoms with Gasteiger partial charge >= 0.3 is 5.97 Å². The topological polar surface area (TPSA) is 43.4 Å². The van der Waals surface area contributed by atoms with E-state index in [-0.39, 0.29) is 23.9 Å². The molecule has 1 aromatic carbocycles. The lowest BCUT2D eigenvalue weighted by Crippen LogP contribution is -2.14. The van der Waals surface area contributed by atoms with Crippen LogP contribution in [-0.4, -0.2) is 18.4 Å². The number of halogens is 1. The lowest BCUT2D eigenvalue weighted by molar-refractivity contribution is -0.137. The summed E-state index contributed by atoms with van der Waals surface area (Å²) in [4.78, 5) is 24.2. The van der Waals surface area contributed by atoms with Crippen LogP contribution in [-0.2, 0) is 9.53 Å². The monoisotopic (exact) mass is 262 g/mol. The molecule has 1 aromatic rings. The maximum atomic E-state index is 13.4. The summed E-state index contributed by atoms with van der Waals surface area (Å²) in [6.45, 7) is 5.61. The molecule has 3 nitrogen and oxygen atoms in total. The summed E-state index contributed by atoms with van der Waals surface area (Å²) in [5.74, 6) is -1.49. The van der Waals surface area contributed by atoms with Gasteiger partial charge in [0, 0.05) is 5.56 Å². The molecule has 0 spiro atoms. The van der Waals surface area contributed by atoms with Crippen molar-refractivity contribution in [3.63, 3.8) is 0 Å². The molecule has 4 heteroatoms. The van der Waals surface area contributed by atoms with Crippen molar-refractivity contribution < 1.29 is 18.7 Å². The third-order valence-electron chi connectivity index (χ3n) is 3.07. The molecule has 0 radical (unpaired) electrons. The van der Waals surface area contributed by atoms with E-state index in [0.29, 0.717) is 16.7 Å². The number of Topliss-reactive ketones (excluding diaryl/α,β-unsaturated/α-hetero) is 1. The Kier molecular flexibility index (Phi) is 3.51. The van der Waals surface area contributed by atoms with Crippen LogP contribution in [0.1, 0.15) is 36.7 Å². The van der Waals surface area contributed by atoms with Crippen molar-refractivity contribution in [3.8, 4) is 0 Å². The van der Waals surface area contributed by atoms with Gasteiger partial charge in [-0.05, 0) is 42.2 Å². The minimum atomic E-state index is -0.632. The Bertz CT molecular complexity index is 585. The molecule has 0 saturated heterocycles. The first-order valence-corrected chi connectivity index (χ1v) is 6.23. The number of fused-ring (bicyclic) bond motifs is 1. The number of ether oxygens (including phenoxy) is 1. The second-order valence-electron chi connectivity index (χ2n) is 4.68. The molecular weight excluding hydrogens is 247 g/mol. The highest BCUT2D eigenvalue weighted by Crippen LogP contribution is 2.38. The van der Waals surface area contributed by atoms with E-state index in [2.05, 4.69) is 0 Å². The van der Waals surface area contributed by atoms with Crippen molar-refractivity contribution in [3.05, 3.63) is 40.7 Å². The van der Waals surface area contributed by atoms with Gasteiger partial charge in [0.15, 0.2) is 0 Å². The average molecular weight is 262 g/mol. The van der Waals surface area contributed by atoms with Crippen molar-refractivity contribution in [2.24, 2.45) is 5.92 Å². The normalized spacial score (nSPS) is 14.1. The van der Waals surface area contributed by atoms with Crippen LogP contribution in [0.15, 0.2) is 23.8 Å². The molecule has 2 rings (SSSR count). The van der Waals surface area contributed by atoms with Crippen molar-refractivity contribution >= 4 is 17.3 Å². The quantitative estimate of drug-likeness (QED) is 0.621. The summed E-state index contributed by atoms with van der Waals surface area (Å²) >= 11 is 0. The summed E-state index contributed by atoms with van der Waals surface area (Å²) in [5.41, 5.74) is 1.48. The fourth-order valence-electron chi connectivity index (χ4n) is 2.33. The van der Waals surface area contributed by atoms with E-state index in [0.717, 1.165) is 0 Å². The van der Waals surface area contributed by atoms with Gasteiger partial charge in [0.25, 0.3) is 0 Å². The molecule has 100 valence electrons. The van der Waals surface area contributed by atoms with Gasteiger partial charge in [-0.15, -0.1) is 0 Å². The highest BCUT2D eigenvalue weighted by atomic mass is 19.1. The molecule has 0 heterocycles. The third-order valence-corrected chi connectivity index (χ3v) is 3.07. The van der Waals surface area contributed by atoms with Crippen LogP contribution in [0.5, 0.6) is 0 Å². The molecule has 0 N–H and O–H groups in total. The lowest BCUT2D eigenvalue weighted by atomic mass is 9.95. The largest absolute Gasteiger partial charge is 0.462 e. The second-order valence-corrected chi connectivity index (χ2v) is 4.68. The van der Waals surface area contributed by atoms with Gasteiger partial charge in [-0.25, -0.2) is 9.18 Å². The van der Waals surface area contributed by atoms with Crippen molar-refractivity contribution in [2.75, 3.05) is 6.61 Å². The summed E-state index contributed by atoms with van der Waals surface area (Å²) < 4.78 is 18.3. The number of hydrogen-bond donors (Lipinski definition) is 0. The van der Waals surface area contributed by atoms with Gasteiger partial charge in [0.2, 0.25) is 5.78 Å². The highest BCUT2D eigenvalue weighted by Gasteiger charge is 2.36. The number of ketones is 1. The van der Waals surface area contributed by atoms with Crippen molar-refractivity contribution in [2.45, 2.75) is 20.8 Å². The molecule has 0 unspecified atom stereocenters. The molecule has 1 aliphatic carbocycles.